The minimum absolute atomic E-state index is 0.125. The number of hydrogen-bond donors (Lipinski definition) is 3. The van der Waals surface area contributed by atoms with E-state index in [1.807, 2.05) is 6.92 Å². The molecule has 0 unspecified atom stereocenters. The van der Waals surface area contributed by atoms with Crippen molar-refractivity contribution in [2.75, 3.05) is 5.32 Å². The van der Waals surface area contributed by atoms with Crippen LogP contribution >= 0.6 is 11.6 Å². The van der Waals surface area contributed by atoms with Crippen LogP contribution in [0, 0.1) is 6.92 Å². The molecule has 0 saturated carbocycles. The monoisotopic (exact) mass is 332 g/mol. The van der Waals surface area contributed by atoms with Gasteiger partial charge in [0.2, 0.25) is 0 Å². The molecule has 0 heterocycles. The average Bonchev–Trinajstić information content (AvgIpc) is 2.56. The standard InChI is InChI=1S/C17H17ClN2O3/c1-11-6-7-14(8-15(11)18)20-17(23)16(22)19-9-12-4-2-3-5-13(12)10-21/h2-8,21H,9-10H2,1H3,(H,19,22)(H,20,23). The maximum Gasteiger partial charge on any atom is 0.313 e. The molecule has 0 aromatic heterocycles. The summed E-state index contributed by atoms with van der Waals surface area (Å²) in [5, 5.41) is 14.8. The van der Waals surface area contributed by atoms with E-state index in [0.29, 0.717) is 16.3 Å². The van der Waals surface area contributed by atoms with Gasteiger partial charge >= 0.3 is 11.8 Å². The topological polar surface area (TPSA) is 78.4 Å². The third-order valence-corrected chi connectivity index (χ3v) is 3.77. The number of carbonyl (C=O) groups is 2. The second kappa shape index (κ2) is 7.76. The Morgan fingerprint density at radius 1 is 1.09 bits per heavy atom. The molecule has 6 heteroatoms. The number of rotatable bonds is 4. The highest BCUT2D eigenvalue weighted by Crippen LogP contribution is 2.19. The van der Waals surface area contributed by atoms with Crippen molar-refractivity contribution in [3.05, 3.63) is 64.2 Å². The van der Waals surface area contributed by atoms with Crippen LogP contribution in [0.25, 0.3) is 0 Å². The van der Waals surface area contributed by atoms with Crippen molar-refractivity contribution < 1.29 is 14.7 Å². The van der Waals surface area contributed by atoms with E-state index in [4.69, 9.17) is 11.6 Å². The first-order valence-corrected chi connectivity index (χ1v) is 7.42. The van der Waals surface area contributed by atoms with Crippen LogP contribution < -0.4 is 10.6 Å². The molecule has 23 heavy (non-hydrogen) atoms. The summed E-state index contributed by atoms with van der Waals surface area (Å²) < 4.78 is 0. The lowest BCUT2D eigenvalue weighted by Gasteiger charge is -2.10. The van der Waals surface area contributed by atoms with Crippen molar-refractivity contribution in [1.82, 2.24) is 5.32 Å². The number of nitrogens with one attached hydrogen (secondary N) is 2. The normalized spacial score (nSPS) is 10.2. The largest absolute Gasteiger partial charge is 0.392 e. The van der Waals surface area contributed by atoms with Crippen LogP contribution in [-0.4, -0.2) is 16.9 Å². The molecule has 0 aliphatic rings. The van der Waals surface area contributed by atoms with Gasteiger partial charge in [0.05, 0.1) is 6.61 Å². The average molecular weight is 333 g/mol. The quantitative estimate of drug-likeness (QED) is 0.752. The van der Waals surface area contributed by atoms with Crippen molar-refractivity contribution >= 4 is 29.1 Å². The summed E-state index contributed by atoms with van der Waals surface area (Å²) in [5.41, 5.74) is 2.80. The molecule has 0 aliphatic heterocycles. The first kappa shape index (κ1) is 17.0. The predicted octanol–water partition coefficient (Wildman–Crippen LogP) is 2.40. The predicted molar refractivity (Wildman–Crippen MR) is 89.0 cm³/mol. The molecule has 0 fully saturated rings. The minimum Gasteiger partial charge on any atom is -0.392 e. The lowest BCUT2D eigenvalue weighted by atomic mass is 10.1. The van der Waals surface area contributed by atoms with Crippen molar-refractivity contribution in [2.24, 2.45) is 0 Å². The van der Waals surface area contributed by atoms with Crippen LogP contribution in [0.15, 0.2) is 42.5 Å². The van der Waals surface area contributed by atoms with E-state index in [0.717, 1.165) is 11.1 Å². The van der Waals surface area contributed by atoms with E-state index in [1.165, 1.54) is 0 Å². The van der Waals surface area contributed by atoms with E-state index in [2.05, 4.69) is 10.6 Å². The Labute approximate surface area is 139 Å². The lowest BCUT2D eigenvalue weighted by molar-refractivity contribution is -0.136. The zero-order valence-electron chi connectivity index (χ0n) is 12.6. The van der Waals surface area contributed by atoms with Gasteiger partial charge in [0.25, 0.3) is 0 Å². The number of halogens is 1. The van der Waals surface area contributed by atoms with E-state index >= 15 is 0 Å². The Balaban J connectivity index is 1.95. The summed E-state index contributed by atoms with van der Waals surface area (Å²) >= 11 is 5.98. The number of carbonyl (C=O) groups excluding carboxylic acids is 2. The zero-order chi connectivity index (χ0) is 16.8. The van der Waals surface area contributed by atoms with Crippen LogP contribution in [0.1, 0.15) is 16.7 Å². The van der Waals surface area contributed by atoms with Crippen LogP contribution in [0.2, 0.25) is 5.02 Å². The smallest absolute Gasteiger partial charge is 0.313 e. The molecule has 0 bridgehead atoms. The third kappa shape index (κ3) is 4.55. The zero-order valence-corrected chi connectivity index (χ0v) is 13.4. The van der Waals surface area contributed by atoms with Gasteiger partial charge in [0.1, 0.15) is 0 Å². The summed E-state index contributed by atoms with van der Waals surface area (Å²) in [6.07, 6.45) is 0. The second-order valence-corrected chi connectivity index (χ2v) is 5.43. The highest BCUT2D eigenvalue weighted by Gasteiger charge is 2.14. The molecule has 120 valence electrons. The fourth-order valence-electron chi connectivity index (χ4n) is 2.00. The highest BCUT2D eigenvalue weighted by molar-refractivity contribution is 6.39. The molecule has 0 saturated heterocycles. The second-order valence-electron chi connectivity index (χ2n) is 5.03. The van der Waals surface area contributed by atoms with E-state index < -0.39 is 11.8 Å². The van der Waals surface area contributed by atoms with Gasteiger partial charge in [-0.2, -0.15) is 0 Å². The van der Waals surface area contributed by atoms with Crippen LogP contribution in [0.3, 0.4) is 0 Å². The number of aryl methyl sites for hydroxylation is 1. The molecular formula is C17H17ClN2O3. The van der Waals surface area contributed by atoms with Crippen molar-refractivity contribution in [2.45, 2.75) is 20.1 Å². The molecule has 2 amide bonds. The van der Waals surface area contributed by atoms with Gasteiger partial charge in [-0.3, -0.25) is 9.59 Å². The van der Waals surface area contributed by atoms with Gasteiger partial charge in [-0.05, 0) is 35.7 Å². The third-order valence-electron chi connectivity index (χ3n) is 3.36. The Hall–Kier alpha value is -2.37. The summed E-state index contributed by atoms with van der Waals surface area (Å²) in [4.78, 5) is 23.7. The number of aliphatic hydroxyl groups is 1. The lowest BCUT2D eigenvalue weighted by Crippen LogP contribution is -2.35. The molecule has 0 atom stereocenters. The van der Waals surface area contributed by atoms with Gasteiger partial charge in [0.15, 0.2) is 0 Å². The SMILES string of the molecule is Cc1ccc(NC(=O)C(=O)NCc2ccccc2CO)cc1Cl. The van der Waals surface area contributed by atoms with Crippen molar-refractivity contribution in [1.29, 1.82) is 0 Å². The van der Waals surface area contributed by atoms with Crippen LogP contribution in [0.4, 0.5) is 5.69 Å². The van der Waals surface area contributed by atoms with E-state index in [9.17, 15) is 14.7 Å². The van der Waals surface area contributed by atoms with Gasteiger partial charge in [-0.15, -0.1) is 0 Å². The summed E-state index contributed by atoms with van der Waals surface area (Å²) in [5.74, 6) is -1.53. The molecule has 3 N–H and O–H groups in total. The molecule has 0 radical (unpaired) electrons. The number of hydrogen-bond acceptors (Lipinski definition) is 3. The molecule has 0 aliphatic carbocycles. The first-order chi connectivity index (χ1) is 11.0. The molecule has 5 nitrogen and oxygen atoms in total. The molecular weight excluding hydrogens is 316 g/mol. The van der Waals surface area contributed by atoms with Gasteiger partial charge in [-0.1, -0.05) is 41.9 Å². The molecule has 2 rings (SSSR count). The minimum atomic E-state index is -0.772. The molecule has 0 spiro atoms. The fraction of sp³-hybridized carbons (Fsp3) is 0.176. The maximum atomic E-state index is 11.9. The van der Waals surface area contributed by atoms with E-state index in [-0.39, 0.29) is 13.2 Å². The maximum absolute atomic E-state index is 11.9. The van der Waals surface area contributed by atoms with Crippen molar-refractivity contribution in [3.63, 3.8) is 0 Å². The Morgan fingerprint density at radius 2 is 1.78 bits per heavy atom. The molecule has 2 aromatic carbocycles. The first-order valence-electron chi connectivity index (χ1n) is 7.04. The van der Waals surface area contributed by atoms with Gasteiger partial charge in [-0.25, -0.2) is 0 Å². The molecule has 2 aromatic rings. The van der Waals surface area contributed by atoms with Crippen molar-refractivity contribution in [3.8, 4) is 0 Å². The fourth-order valence-corrected chi connectivity index (χ4v) is 2.18. The summed E-state index contributed by atoms with van der Waals surface area (Å²) in [6.45, 7) is 1.89. The Morgan fingerprint density at radius 3 is 2.43 bits per heavy atom. The summed E-state index contributed by atoms with van der Waals surface area (Å²) in [7, 11) is 0. The summed E-state index contributed by atoms with van der Waals surface area (Å²) in [6, 6.07) is 12.2. The Kier molecular flexibility index (Phi) is 5.73. The van der Waals surface area contributed by atoms with Gasteiger partial charge in [0, 0.05) is 17.3 Å². The number of anilines is 1. The van der Waals surface area contributed by atoms with Gasteiger partial charge < -0.3 is 15.7 Å². The van der Waals surface area contributed by atoms with Crippen LogP contribution in [-0.2, 0) is 22.7 Å². The van der Waals surface area contributed by atoms with Crippen LogP contribution in [0.5, 0.6) is 0 Å². The highest BCUT2D eigenvalue weighted by atomic mass is 35.5. The number of amides is 2. The van der Waals surface area contributed by atoms with E-state index in [1.54, 1.807) is 42.5 Å². The number of aliphatic hydroxyl groups excluding tert-OH is 1. The Bertz CT molecular complexity index is 732. The number of benzene rings is 2.